The first-order valence-electron chi connectivity index (χ1n) is 6.03. The molecule has 0 aliphatic carbocycles. The van der Waals surface area contributed by atoms with Crippen LogP contribution < -0.4 is 10.6 Å². The smallest absolute Gasteiger partial charge is 0.319 e. The van der Waals surface area contributed by atoms with Gasteiger partial charge < -0.3 is 15.7 Å². The number of halogens is 1. The van der Waals surface area contributed by atoms with Gasteiger partial charge in [0.1, 0.15) is 0 Å². The van der Waals surface area contributed by atoms with Gasteiger partial charge in [-0.05, 0) is 40.4 Å². The molecule has 0 aromatic heterocycles. The molecule has 0 fully saturated rings. The van der Waals surface area contributed by atoms with Crippen LogP contribution in [0.25, 0.3) is 0 Å². The number of anilines is 1. The van der Waals surface area contributed by atoms with Crippen LogP contribution in [0, 0.1) is 16.0 Å². The van der Waals surface area contributed by atoms with Crippen molar-refractivity contribution in [1.82, 2.24) is 5.32 Å². The van der Waals surface area contributed by atoms with Crippen molar-refractivity contribution >= 4 is 33.3 Å². The van der Waals surface area contributed by atoms with Crippen molar-refractivity contribution in [2.75, 3.05) is 18.5 Å². The van der Waals surface area contributed by atoms with Crippen molar-refractivity contribution in [2.24, 2.45) is 5.92 Å². The summed E-state index contributed by atoms with van der Waals surface area (Å²) in [5, 5.41) is 24.7. The predicted molar refractivity (Wildman–Crippen MR) is 78.7 cm³/mol. The average molecular weight is 346 g/mol. The van der Waals surface area contributed by atoms with Gasteiger partial charge in [0.2, 0.25) is 0 Å². The number of urea groups is 1. The Bertz CT molecular complexity index is 496. The van der Waals surface area contributed by atoms with Crippen molar-refractivity contribution in [3.63, 3.8) is 0 Å². The van der Waals surface area contributed by atoms with Crippen LogP contribution in [-0.4, -0.2) is 29.2 Å². The summed E-state index contributed by atoms with van der Waals surface area (Å²) < 4.78 is 0.352. The molecular formula is C12H16BrN3O4. The predicted octanol–water partition coefficient (Wildman–Crippen LogP) is 2.50. The summed E-state index contributed by atoms with van der Waals surface area (Å²) in [6.45, 7) is 2.40. The van der Waals surface area contributed by atoms with E-state index in [1.807, 2.05) is 6.92 Å². The highest BCUT2D eigenvalue weighted by atomic mass is 79.9. The Morgan fingerprint density at radius 3 is 2.85 bits per heavy atom. The molecule has 1 aromatic rings. The van der Waals surface area contributed by atoms with E-state index < -0.39 is 11.0 Å². The third-order valence-electron chi connectivity index (χ3n) is 2.63. The van der Waals surface area contributed by atoms with E-state index in [2.05, 4.69) is 26.6 Å². The SMILES string of the molecule is CC(CCO)CNC(=O)Nc1ccc(Br)c([N+](=O)[O-])c1. The number of nitrogens with zero attached hydrogens (tertiary/aromatic N) is 1. The lowest BCUT2D eigenvalue weighted by Crippen LogP contribution is -2.32. The summed E-state index contributed by atoms with van der Waals surface area (Å²) in [5.74, 6) is 0.157. The summed E-state index contributed by atoms with van der Waals surface area (Å²) in [5.41, 5.74) is 0.226. The number of aliphatic hydroxyl groups is 1. The molecule has 20 heavy (non-hydrogen) atoms. The first-order chi connectivity index (χ1) is 9.43. The molecule has 0 aliphatic heterocycles. The van der Waals surface area contributed by atoms with Crippen LogP contribution in [0.2, 0.25) is 0 Å². The van der Waals surface area contributed by atoms with Gasteiger partial charge in [0.25, 0.3) is 5.69 Å². The van der Waals surface area contributed by atoms with Crippen LogP contribution in [0.15, 0.2) is 22.7 Å². The molecule has 1 aromatic carbocycles. The van der Waals surface area contributed by atoms with E-state index in [-0.39, 0.29) is 18.2 Å². The Hall–Kier alpha value is -1.67. The second kappa shape index (κ2) is 7.81. The normalized spacial score (nSPS) is 11.8. The highest BCUT2D eigenvalue weighted by Gasteiger charge is 2.13. The molecule has 0 saturated heterocycles. The van der Waals surface area contributed by atoms with E-state index in [9.17, 15) is 14.9 Å². The van der Waals surface area contributed by atoms with Crippen molar-refractivity contribution in [3.8, 4) is 0 Å². The van der Waals surface area contributed by atoms with Crippen molar-refractivity contribution in [3.05, 3.63) is 32.8 Å². The minimum absolute atomic E-state index is 0.0728. The molecule has 7 nitrogen and oxygen atoms in total. The number of rotatable bonds is 6. The Morgan fingerprint density at radius 1 is 1.55 bits per heavy atom. The highest BCUT2D eigenvalue weighted by molar-refractivity contribution is 9.10. The zero-order valence-electron chi connectivity index (χ0n) is 10.9. The van der Waals surface area contributed by atoms with Crippen molar-refractivity contribution in [1.29, 1.82) is 0 Å². The summed E-state index contributed by atoms with van der Waals surface area (Å²) >= 11 is 3.07. The van der Waals surface area contributed by atoms with E-state index in [0.29, 0.717) is 23.1 Å². The zero-order valence-corrected chi connectivity index (χ0v) is 12.5. The molecule has 0 radical (unpaired) electrons. The maximum absolute atomic E-state index is 11.6. The topological polar surface area (TPSA) is 104 Å². The van der Waals surface area contributed by atoms with Gasteiger partial charge in [-0.2, -0.15) is 0 Å². The van der Waals surface area contributed by atoms with Gasteiger partial charge in [0.15, 0.2) is 0 Å². The van der Waals surface area contributed by atoms with E-state index in [1.54, 1.807) is 6.07 Å². The van der Waals surface area contributed by atoms with Crippen molar-refractivity contribution in [2.45, 2.75) is 13.3 Å². The fraction of sp³-hybridized carbons (Fsp3) is 0.417. The third kappa shape index (κ3) is 5.14. The molecule has 1 atom stereocenters. The number of hydrogen-bond donors (Lipinski definition) is 3. The lowest BCUT2D eigenvalue weighted by atomic mass is 10.1. The largest absolute Gasteiger partial charge is 0.396 e. The van der Waals surface area contributed by atoms with Gasteiger partial charge in [-0.25, -0.2) is 4.79 Å². The fourth-order valence-corrected chi connectivity index (χ4v) is 1.89. The maximum Gasteiger partial charge on any atom is 0.319 e. The molecule has 2 amide bonds. The summed E-state index contributed by atoms with van der Waals surface area (Å²) in [6.07, 6.45) is 0.601. The number of hydrogen-bond acceptors (Lipinski definition) is 4. The molecule has 3 N–H and O–H groups in total. The van der Waals surface area contributed by atoms with Gasteiger partial charge >= 0.3 is 6.03 Å². The van der Waals surface area contributed by atoms with E-state index in [4.69, 9.17) is 5.11 Å². The lowest BCUT2D eigenvalue weighted by molar-refractivity contribution is -0.385. The maximum atomic E-state index is 11.6. The molecule has 1 rings (SSSR count). The van der Waals surface area contributed by atoms with Crippen LogP contribution >= 0.6 is 15.9 Å². The second-order valence-electron chi connectivity index (χ2n) is 4.38. The first-order valence-corrected chi connectivity index (χ1v) is 6.83. The van der Waals surface area contributed by atoms with Crippen LogP contribution in [0.5, 0.6) is 0 Å². The minimum Gasteiger partial charge on any atom is -0.396 e. The summed E-state index contributed by atoms with van der Waals surface area (Å²) in [4.78, 5) is 21.9. The Labute approximate surface area is 124 Å². The Balaban J connectivity index is 2.58. The van der Waals surface area contributed by atoms with Crippen molar-refractivity contribution < 1.29 is 14.8 Å². The van der Waals surface area contributed by atoms with Gasteiger partial charge in [0.05, 0.1) is 9.40 Å². The van der Waals surface area contributed by atoms with Gasteiger partial charge in [-0.3, -0.25) is 10.1 Å². The van der Waals surface area contributed by atoms with Crippen LogP contribution in [0.1, 0.15) is 13.3 Å². The number of nitrogens with one attached hydrogen (secondary N) is 2. The third-order valence-corrected chi connectivity index (χ3v) is 3.30. The lowest BCUT2D eigenvalue weighted by Gasteiger charge is -2.12. The van der Waals surface area contributed by atoms with Gasteiger partial charge in [-0.15, -0.1) is 0 Å². The fourth-order valence-electron chi connectivity index (χ4n) is 1.50. The zero-order chi connectivity index (χ0) is 15.1. The van der Waals surface area contributed by atoms with E-state index in [1.165, 1.54) is 12.1 Å². The Morgan fingerprint density at radius 2 is 2.25 bits per heavy atom. The van der Waals surface area contributed by atoms with Crippen LogP contribution in [-0.2, 0) is 0 Å². The van der Waals surface area contributed by atoms with Gasteiger partial charge in [0, 0.05) is 24.9 Å². The molecule has 110 valence electrons. The van der Waals surface area contributed by atoms with E-state index >= 15 is 0 Å². The Kier molecular flexibility index (Phi) is 6.40. The standard InChI is InChI=1S/C12H16BrN3O4/c1-8(4-5-17)7-14-12(18)15-9-2-3-10(13)11(6-9)16(19)20/h2-3,6,8,17H,4-5,7H2,1H3,(H2,14,15,18). The highest BCUT2D eigenvalue weighted by Crippen LogP contribution is 2.27. The summed E-state index contributed by atoms with van der Waals surface area (Å²) in [6, 6.07) is 3.91. The molecular weight excluding hydrogens is 330 g/mol. The number of aliphatic hydroxyl groups excluding tert-OH is 1. The number of benzene rings is 1. The number of carbonyl (C=O) groups is 1. The molecule has 8 heteroatoms. The average Bonchev–Trinajstić information content (AvgIpc) is 2.39. The molecule has 0 heterocycles. The number of nitro groups is 1. The molecule has 0 bridgehead atoms. The minimum atomic E-state index is -0.531. The monoisotopic (exact) mass is 345 g/mol. The number of nitro benzene ring substituents is 1. The first kappa shape index (κ1) is 16.4. The second-order valence-corrected chi connectivity index (χ2v) is 5.23. The summed E-state index contributed by atoms with van der Waals surface area (Å²) in [7, 11) is 0. The molecule has 0 aliphatic rings. The van der Waals surface area contributed by atoms with Gasteiger partial charge in [-0.1, -0.05) is 6.92 Å². The molecule has 1 unspecified atom stereocenters. The number of carbonyl (C=O) groups excluding carboxylic acids is 1. The molecule has 0 spiro atoms. The quantitative estimate of drug-likeness (QED) is 0.544. The number of amides is 2. The van der Waals surface area contributed by atoms with Crippen LogP contribution in [0.4, 0.5) is 16.2 Å². The van der Waals surface area contributed by atoms with E-state index in [0.717, 1.165) is 0 Å². The van der Waals surface area contributed by atoms with Crippen LogP contribution in [0.3, 0.4) is 0 Å². The molecule has 0 saturated carbocycles.